The van der Waals surface area contributed by atoms with Gasteiger partial charge in [0.2, 0.25) is 5.91 Å². The lowest BCUT2D eigenvalue weighted by Gasteiger charge is -2.15. The van der Waals surface area contributed by atoms with Gasteiger partial charge in [0.15, 0.2) is 0 Å². The zero-order valence-corrected chi connectivity index (χ0v) is 7.77. The van der Waals surface area contributed by atoms with Crippen molar-refractivity contribution in [3.63, 3.8) is 0 Å². The van der Waals surface area contributed by atoms with Crippen LogP contribution in [0.5, 0.6) is 0 Å². The summed E-state index contributed by atoms with van der Waals surface area (Å²) in [6, 6.07) is 0. The van der Waals surface area contributed by atoms with E-state index in [9.17, 15) is 4.79 Å². The summed E-state index contributed by atoms with van der Waals surface area (Å²) in [5.74, 6) is 0.433. The average Bonchev–Trinajstić information content (AvgIpc) is 2.03. The molecule has 0 aliphatic rings. The molecule has 0 saturated heterocycles. The first kappa shape index (κ1) is 10.5. The lowest BCUT2D eigenvalue weighted by Crippen LogP contribution is -2.28. The maximum Gasteiger partial charge on any atom is 0.246 e. The van der Waals surface area contributed by atoms with Gasteiger partial charge in [0, 0.05) is 25.0 Å². The van der Waals surface area contributed by atoms with E-state index in [1.807, 2.05) is 13.8 Å². The highest BCUT2D eigenvalue weighted by atomic mass is 35.5. The quantitative estimate of drug-likeness (QED) is 0.470. The number of hydrogen-bond acceptors (Lipinski definition) is 1. The topological polar surface area (TPSA) is 20.3 Å². The minimum absolute atomic E-state index is 0.0376. The van der Waals surface area contributed by atoms with Crippen LogP contribution in [0.4, 0.5) is 0 Å². The minimum Gasteiger partial charge on any atom is -0.340 e. The Morgan fingerprint density at radius 2 is 2.00 bits per heavy atom. The molecule has 0 aromatic carbocycles. The lowest BCUT2D eigenvalue weighted by molar-refractivity contribution is -0.125. The maximum absolute atomic E-state index is 11.1. The maximum atomic E-state index is 11.1. The molecule has 0 rings (SSSR count). The summed E-state index contributed by atoms with van der Waals surface area (Å²) in [6.45, 7) is 5.41. The summed E-state index contributed by atoms with van der Waals surface area (Å²) in [4.78, 5) is 12.9. The number of halogens is 1. The van der Waals surface area contributed by atoms with Crippen molar-refractivity contribution in [2.45, 2.75) is 13.8 Å². The Hall–Kier alpha value is -0.500. The van der Waals surface area contributed by atoms with E-state index in [0.717, 1.165) is 13.1 Å². The molecule has 3 heteroatoms. The van der Waals surface area contributed by atoms with Crippen molar-refractivity contribution in [3.8, 4) is 0 Å². The molecule has 0 heterocycles. The van der Waals surface area contributed by atoms with Crippen LogP contribution in [0, 0.1) is 0 Å². The molecule has 0 bridgehead atoms. The smallest absolute Gasteiger partial charge is 0.246 e. The zero-order valence-electron chi connectivity index (χ0n) is 7.01. The number of rotatable bonds is 4. The third kappa shape index (κ3) is 4.04. The fraction of sp³-hybridized carbons (Fsp3) is 0.625. The van der Waals surface area contributed by atoms with Gasteiger partial charge in [-0.3, -0.25) is 4.79 Å². The van der Waals surface area contributed by atoms with E-state index in [0.29, 0.717) is 5.88 Å². The molecule has 0 fully saturated rings. The number of hydrogen-bond donors (Lipinski definition) is 0. The summed E-state index contributed by atoms with van der Waals surface area (Å²) < 4.78 is 0. The van der Waals surface area contributed by atoms with Gasteiger partial charge in [-0.1, -0.05) is 6.08 Å². The third-order valence-corrected chi connectivity index (χ3v) is 1.60. The summed E-state index contributed by atoms with van der Waals surface area (Å²) in [6.07, 6.45) is 3.17. The third-order valence-electron chi connectivity index (χ3n) is 1.42. The molecule has 0 aromatic heterocycles. The van der Waals surface area contributed by atoms with Gasteiger partial charge in [-0.15, -0.1) is 11.6 Å². The highest BCUT2D eigenvalue weighted by Crippen LogP contribution is 1.90. The van der Waals surface area contributed by atoms with Gasteiger partial charge in [0.1, 0.15) is 0 Å². The number of carbonyl (C=O) groups is 1. The predicted molar refractivity (Wildman–Crippen MR) is 47.8 cm³/mol. The normalized spacial score (nSPS) is 10.5. The van der Waals surface area contributed by atoms with Crippen molar-refractivity contribution in [3.05, 3.63) is 12.2 Å². The van der Waals surface area contributed by atoms with E-state index in [1.165, 1.54) is 6.08 Å². The van der Waals surface area contributed by atoms with Gasteiger partial charge < -0.3 is 4.90 Å². The van der Waals surface area contributed by atoms with Gasteiger partial charge >= 0.3 is 0 Å². The summed E-state index contributed by atoms with van der Waals surface area (Å²) in [7, 11) is 0. The molecule has 0 aliphatic carbocycles. The van der Waals surface area contributed by atoms with Crippen LogP contribution in [-0.4, -0.2) is 29.8 Å². The second-order valence-electron chi connectivity index (χ2n) is 2.07. The van der Waals surface area contributed by atoms with E-state index < -0.39 is 0 Å². The van der Waals surface area contributed by atoms with E-state index in [2.05, 4.69) is 0 Å². The monoisotopic (exact) mass is 175 g/mol. The van der Waals surface area contributed by atoms with E-state index >= 15 is 0 Å². The largest absolute Gasteiger partial charge is 0.340 e. The SMILES string of the molecule is CCN(CC)C(=O)/C=C/CCl. The second kappa shape index (κ2) is 6.23. The molecular formula is C8H14ClNO. The number of alkyl halides is 1. The van der Waals surface area contributed by atoms with Crippen molar-refractivity contribution in [1.29, 1.82) is 0 Å². The van der Waals surface area contributed by atoms with Crippen molar-refractivity contribution >= 4 is 17.5 Å². The summed E-state index contributed by atoms with van der Waals surface area (Å²) in [5, 5.41) is 0. The molecule has 64 valence electrons. The van der Waals surface area contributed by atoms with Crippen LogP contribution in [0.15, 0.2) is 12.2 Å². The van der Waals surface area contributed by atoms with Gasteiger partial charge in [-0.05, 0) is 13.8 Å². The first-order chi connectivity index (χ1) is 5.26. The number of carbonyl (C=O) groups excluding carboxylic acids is 1. The van der Waals surface area contributed by atoms with Crippen LogP contribution in [-0.2, 0) is 4.79 Å². The van der Waals surface area contributed by atoms with Crippen molar-refractivity contribution < 1.29 is 4.79 Å². The standard InChI is InChI=1S/C8H14ClNO/c1-3-10(4-2)8(11)6-5-7-9/h5-6H,3-4,7H2,1-2H3/b6-5+. The van der Waals surface area contributed by atoms with Crippen LogP contribution in [0.1, 0.15) is 13.8 Å². The van der Waals surface area contributed by atoms with E-state index in [1.54, 1.807) is 11.0 Å². The van der Waals surface area contributed by atoms with Crippen molar-refractivity contribution in [2.24, 2.45) is 0 Å². The Bertz CT molecular complexity index is 141. The predicted octanol–water partition coefficient (Wildman–Crippen LogP) is 1.65. The van der Waals surface area contributed by atoms with Gasteiger partial charge in [-0.25, -0.2) is 0 Å². The first-order valence-electron chi connectivity index (χ1n) is 3.77. The highest BCUT2D eigenvalue weighted by molar-refractivity contribution is 6.19. The molecule has 0 unspecified atom stereocenters. The Morgan fingerprint density at radius 1 is 1.45 bits per heavy atom. The van der Waals surface area contributed by atoms with Crippen LogP contribution in [0.25, 0.3) is 0 Å². The Labute approximate surface area is 72.8 Å². The molecule has 0 atom stereocenters. The minimum atomic E-state index is 0.0376. The molecule has 0 N–H and O–H groups in total. The summed E-state index contributed by atoms with van der Waals surface area (Å²) in [5.41, 5.74) is 0. The van der Waals surface area contributed by atoms with Crippen LogP contribution in [0.2, 0.25) is 0 Å². The number of amides is 1. The first-order valence-corrected chi connectivity index (χ1v) is 4.31. The molecule has 2 nitrogen and oxygen atoms in total. The van der Waals surface area contributed by atoms with Gasteiger partial charge in [-0.2, -0.15) is 0 Å². The van der Waals surface area contributed by atoms with Gasteiger partial charge in [0.25, 0.3) is 0 Å². The molecule has 0 spiro atoms. The molecule has 11 heavy (non-hydrogen) atoms. The van der Waals surface area contributed by atoms with Crippen molar-refractivity contribution in [1.82, 2.24) is 4.90 Å². The zero-order chi connectivity index (χ0) is 8.69. The highest BCUT2D eigenvalue weighted by Gasteiger charge is 2.03. The Kier molecular flexibility index (Phi) is 5.94. The molecule has 0 saturated carbocycles. The molecule has 0 aliphatic heterocycles. The van der Waals surface area contributed by atoms with Crippen LogP contribution >= 0.6 is 11.6 Å². The van der Waals surface area contributed by atoms with Crippen LogP contribution < -0.4 is 0 Å². The van der Waals surface area contributed by atoms with Crippen LogP contribution in [0.3, 0.4) is 0 Å². The lowest BCUT2D eigenvalue weighted by atomic mass is 10.4. The molecule has 0 radical (unpaired) electrons. The molecular weight excluding hydrogens is 162 g/mol. The number of likely N-dealkylation sites (N-methyl/N-ethyl adjacent to an activating group) is 1. The summed E-state index contributed by atoms with van der Waals surface area (Å²) >= 11 is 5.38. The van der Waals surface area contributed by atoms with E-state index in [-0.39, 0.29) is 5.91 Å². The number of nitrogens with zero attached hydrogens (tertiary/aromatic N) is 1. The number of allylic oxidation sites excluding steroid dienone is 1. The average molecular weight is 176 g/mol. The van der Waals surface area contributed by atoms with Crippen molar-refractivity contribution in [2.75, 3.05) is 19.0 Å². The second-order valence-corrected chi connectivity index (χ2v) is 2.38. The van der Waals surface area contributed by atoms with E-state index in [4.69, 9.17) is 11.6 Å². The molecule has 1 amide bonds. The molecule has 0 aromatic rings. The fourth-order valence-corrected chi connectivity index (χ4v) is 0.875. The van der Waals surface area contributed by atoms with Gasteiger partial charge in [0.05, 0.1) is 0 Å². The fourth-order valence-electron chi connectivity index (χ4n) is 0.786. The Balaban J connectivity index is 3.88. The Morgan fingerprint density at radius 3 is 2.36 bits per heavy atom.